The third kappa shape index (κ3) is 3.35. The number of halogens is 1. The molecule has 29 heavy (non-hydrogen) atoms. The third-order valence-corrected chi connectivity index (χ3v) is 7.07. The molecule has 0 aliphatic heterocycles. The molecule has 0 fully saturated rings. The molecule has 0 saturated heterocycles. The Balaban J connectivity index is 1.89. The number of nitriles is 1. The topological polar surface area (TPSA) is 118 Å². The van der Waals surface area contributed by atoms with Crippen LogP contribution in [-0.4, -0.2) is 10.9 Å². The minimum absolute atomic E-state index is 0.129. The van der Waals surface area contributed by atoms with E-state index in [4.69, 9.17) is 11.5 Å². The van der Waals surface area contributed by atoms with Crippen LogP contribution in [0, 0.1) is 18.3 Å². The number of carbonyl (C=O) groups excluding carboxylic acids is 1. The predicted octanol–water partition coefficient (Wildman–Crippen LogP) is 5.38. The Labute approximate surface area is 182 Å². The first-order valence-electron chi connectivity index (χ1n) is 8.43. The molecule has 0 bridgehead atoms. The monoisotopic (exact) mass is 483 g/mol. The highest BCUT2D eigenvalue weighted by molar-refractivity contribution is 9.10. The van der Waals surface area contributed by atoms with Crippen LogP contribution in [0.15, 0.2) is 40.2 Å². The van der Waals surface area contributed by atoms with E-state index in [0.29, 0.717) is 32.0 Å². The van der Waals surface area contributed by atoms with E-state index in [2.05, 4.69) is 32.3 Å². The number of nitrogens with one attached hydrogen (secondary N) is 1. The Morgan fingerprint density at radius 2 is 1.97 bits per heavy atom. The number of aryl methyl sites for hydroxylation is 1. The molecule has 0 unspecified atom stereocenters. The van der Waals surface area contributed by atoms with Crippen molar-refractivity contribution in [2.45, 2.75) is 6.92 Å². The van der Waals surface area contributed by atoms with Gasteiger partial charge in [0.25, 0.3) is 5.91 Å². The van der Waals surface area contributed by atoms with Crippen molar-refractivity contribution < 1.29 is 4.79 Å². The van der Waals surface area contributed by atoms with Crippen molar-refractivity contribution in [3.8, 4) is 16.5 Å². The Bertz CT molecular complexity index is 1300. The zero-order valence-corrected chi connectivity index (χ0v) is 18.3. The zero-order valence-electron chi connectivity index (χ0n) is 15.1. The number of amides is 1. The molecule has 3 heterocycles. The molecule has 6 nitrogen and oxygen atoms in total. The van der Waals surface area contributed by atoms with E-state index >= 15 is 0 Å². The normalized spacial score (nSPS) is 10.8. The zero-order chi connectivity index (χ0) is 20.7. The summed E-state index contributed by atoms with van der Waals surface area (Å²) in [7, 11) is 0. The number of rotatable bonds is 3. The Morgan fingerprint density at radius 3 is 2.59 bits per heavy atom. The fraction of sp³-hybridized carbons (Fsp3) is 0.0500. The number of pyridine rings is 1. The van der Waals surface area contributed by atoms with Gasteiger partial charge in [-0.25, -0.2) is 4.98 Å². The quantitative estimate of drug-likeness (QED) is 0.361. The summed E-state index contributed by atoms with van der Waals surface area (Å²) in [5.41, 5.74) is 15.3. The second-order valence-electron chi connectivity index (χ2n) is 6.28. The van der Waals surface area contributed by atoms with Gasteiger partial charge in [-0.1, -0.05) is 15.9 Å². The van der Waals surface area contributed by atoms with Crippen LogP contribution in [0.5, 0.6) is 0 Å². The maximum Gasteiger partial charge on any atom is 0.267 e. The van der Waals surface area contributed by atoms with E-state index in [1.165, 1.54) is 11.3 Å². The van der Waals surface area contributed by atoms with Gasteiger partial charge in [-0.05, 0) is 48.2 Å². The molecule has 144 valence electrons. The number of anilines is 3. The summed E-state index contributed by atoms with van der Waals surface area (Å²) in [4.78, 5) is 19.0. The van der Waals surface area contributed by atoms with Crippen LogP contribution in [0.4, 0.5) is 17.2 Å². The summed E-state index contributed by atoms with van der Waals surface area (Å²) in [6, 6.07) is 11.4. The average Bonchev–Trinajstić information content (AvgIpc) is 3.25. The van der Waals surface area contributed by atoms with Gasteiger partial charge < -0.3 is 16.8 Å². The van der Waals surface area contributed by atoms with Crippen LogP contribution in [-0.2, 0) is 0 Å². The van der Waals surface area contributed by atoms with Crippen molar-refractivity contribution in [2.75, 3.05) is 16.8 Å². The molecule has 4 aromatic rings. The van der Waals surface area contributed by atoms with Crippen molar-refractivity contribution in [1.82, 2.24) is 4.98 Å². The van der Waals surface area contributed by atoms with Crippen molar-refractivity contribution in [2.24, 2.45) is 0 Å². The van der Waals surface area contributed by atoms with Crippen molar-refractivity contribution in [3.05, 3.63) is 56.2 Å². The lowest BCUT2D eigenvalue weighted by molar-refractivity contribution is 0.103. The van der Waals surface area contributed by atoms with Gasteiger partial charge in [-0.15, -0.1) is 22.7 Å². The molecule has 3 aromatic heterocycles. The maximum absolute atomic E-state index is 12.9. The van der Waals surface area contributed by atoms with Gasteiger partial charge in [-0.3, -0.25) is 4.79 Å². The lowest BCUT2D eigenvalue weighted by Gasteiger charge is -2.09. The van der Waals surface area contributed by atoms with Gasteiger partial charge in [0.2, 0.25) is 0 Å². The van der Waals surface area contributed by atoms with Crippen LogP contribution in [0.1, 0.15) is 20.8 Å². The molecule has 0 aliphatic rings. The van der Waals surface area contributed by atoms with Crippen LogP contribution < -0.4 is 16.8 Å². The number of hydrogen-bond donors (Lipinski definition) is 3. The average molecular weight is 484 g/mol. The predicted molar refractivity (Wildman–Crippen MR) is 123 cm³/mol. The van der Waals surface area contributed by atoms with Gasteiger partial charge in [0.15, 0.2) is 0 Å². The molecule has 0 radical (unpaired) electrons. The Kier molecular flexibility index (Phi) is 5.00. The fourth-order valence-corrected chi connectivity index (χ4v) is 5.28. The lowest BCUT2D eigenvalue weighted by Crippen LogP contribution is -2.11. The van der Waals surface area contributed by atoms with Crippen molar-refractivity contribution >= 4 is 71.9 Å². The first-order valence-corrected chi connectivity index (χ1v) is 10.9. The van der Waals surface area contributed by atoms with E-state index < -0.39 is 0 Å². The summed E-state index contributed by atoms with van der Waals surface area (Å²) in [6.45, 7) is 1.96. The van der Waals surface area contributed by atoms with Crippen LogP contribution >= 0.6 is 38.6 Å². The SMILES string of the molecule is Cc1ccsc1-c1c(C#N)c(N)nc2sc(C(=O)Nc3ccc(Br)cc3)c(N)c12. The second-order valence-corrected chi connectivity index (χ2v) is 9.11. The molecule has 9 heteroatoms. The number of carbonyl (C=O) groups is 1. The van der Waals surface area contributed by atoms with E-state index in [1.807, 2.05) is 30.5 Å². The highest BCUT2D eigenvalue weighted by atomic mass is 79.9. The number of nitrogens with two attached hydrogens (primary N) is 2. The lowest BCUT2D eigenvalue weighted by atomic mass is 10.0. The standard InChI is InChI=1S/C20H14BrN5OS2/c1-9-6-7-28-16(9)13-12(8-22)18(24)26-20-14(13)15(23)17(29-20)19(27)25-11-4-2-10(21)3-5-11/h2-7H,23H2,1H3,(H2,24,26)(H,25,27). The van der Waals surface area contributed by atoms with Gasteiger partial charge in [0, 0.05) is 26.0 Å². The summed E-state index contributed by atoms with van der Waals surface area (Å²) in [6.07, 6.45) is 0. The molecule has 1 amide bonds. The molecule has 0 spiro atoms. The maximum atomic E-state index is 12.9. The van der Waals surface area contributed by atoms with Crippen LogP contribution in [0.25, 0.3) is 20.7 Å². The molecular formula is C20H14BrN5OS2. The Morgan fingerprint density at radius 1 is 1.24 bits per heavy atom. The summed E-state index contributed by atoms with van der Waals surface area (Å²) >= 11 is 6.03. The first kappa shape index (κ1) is 19.4. The summed E-state index contributed by atoms with van der Waals surface area (Å²) in [5.74, 6) is -0.206. The minimum atomic E-state index is -0.334. The second kappa shape index (κ2) is 7.48. The van der Waals surface area contributed by atoms with Gasteiger partial charge in [0.1, 0.15) is 27.2 Å². The van der Waals surface area contributed by atoms with E-state index in [0.717, 1.165) is 26.3 Å². The highest BCUT2D eigenvalue weighted by Crippen LogP contribution is 2.45. The number of aromatic nitrogens is 1. The Hall–Kier alpha value is -2.93. The third-order valence-electron chi connectivity index (χ3n) is 4.41. The first-order chi connectivity index (χ1) is 13.9. The summed E-state index contributed by atoms with van der Waals surface area (Å²) < 4.78 is 0.913. The minimum Gasteiger partial charge on any atom is -0.397 e. The van der Waals surface area contributed by atoms with Gasteiger partial charge in [0.05, 0.1) is 5.69 Å². The molecule has 4 rings (SSSR count). The number of nitrogens with zero attached hydrogens (tertiary/aromatic N) is 2. The van der Waals surface area contributed by atoms with Crippen molar-refractivity contribution in [3.63, 3.8) is 0 Å². The van der Waals surface area contributed by atoms with Gasteiger partial charge in [-0.2, -0.15) is 5.26 Å². The molecule has 1 aromatic carbocycles. The number of fused-ring (bicyclic) bond motifs is 1. The number of hydrogen-bond acceptors (Lipinski definition) is 7. The van der Waals surface area contributed by atoms with E-state index in [1.54, 1.807) is 12.1 Å². The van der Waals surface area contributed by atoms with E-state index in [9.17, 15) is 10.1 Å². The van der Waals surface area contributed by atoms with Crippen LogP contribution in [0.2, 0.25) is 0 Å². The summed E-state index contributed by atoms with van der Waals surface area (Å²) in [5, 5.41) is 15.1. The molecule has 0 atom stereocenters. The number of benzene rings is 1. The largest absolute Gasteiger partial charge is 0.397 e. The highest BCUT2D eigenvalue weighted by Gasteiger charge is 2.25. The number of nitrogen functional groups attached to an aromatic ring is 2. The molecule has 5 N–H and O–H groups in total. The van der Waals surface area contributed by atoms with Crippen molar-refractivity contribution in [1.29, 1.82) is 5.26 Å². The fourth-order valence-electron chi connectivity index (χ4n) is 3.03. The van der Waals surface area contributed by atoms with Crippen LogP contribution in [0.3, 0.4) is 0 Å². The molecular weight excluding hydrogens is 470 g/mol. The number of thiophene rings is 2. The molecule has 0 saturated carbocycles. The molecule has 0 aliphatic carbocycles. The van der Waals surface area contributed by atoms with Gasteiger partial charge >= 0.3 is 0 Å². The van der Waals surface area contributed by atoms with E-state index in [-0.39, 0.29) is 17.3 Å². The smallest absolute Gasteiger partial charge is 0.267 e.